The lowest BCUT2D eigenvalue weighted by Crippen LogP contribution is -2.44. The number of nitrogen functional groups attached to an aromatic ring is 1. The summed E-state index contributed by atoms with van der Waals surface area (Å²) in [5, 5.41) is 10.0. The molecule has 12 heteroatoms. The molecule has 0 saturated carbocycles. The smallest absolute Gasteiger partial charge is 0.312 e. The Labute approximate surface area is 221 Å². The fraction of sp³-hybridized carbons (Fsp3) is 0.654. The number of carbonyl (C=O) groups excluding carboxylic acids is 2. The van der Waals surface area contributed by atoms with Gasteiger partial charge in [-0.15, -0.1) is 6.42 Å². The number of aromatic nitrogens is 4. The monoisotopic (exact) mass is 533 g/mol. The van der Waals surface area contributed by atoms with E-state index in [2.05, 4.69) is 20.9 Å². The van der Waals surface area contributed by atoms with Gasteiger partial charge >= 0.3 is 18.0 Å². The van der Waals surface area contributed by atoms with E-state index in [4.69, 9.17) is 26.4 Å². The maximum atomic E-state index is 13.8. The number of rotatable bonds is 12. The Bertz CT molecular complexity index is 1170. The van der Waals surface area contributed by atoms with Crippen LogP contribution in [-0.4, -0.2) is 60.5 Å². The van der Waals surface area contributed by atoms with Gasteiger partial charge in [-0.2, -0.15) is 14.4 Å². The quantitative estimate of drug-likeness (QED) is 0.180. The van der Waals surface area contributed by atoms with E-state index in [1.807, 2.05) is 20.8 Å². The van der Waals surface area contributed by atoms with Gasteiger partial charge in [0.25, 0.3) is 0 Å². The van der Waals surface area contributed by atoms with Crippen LogP contribution < -0.4 is 5.73 Å². The number of ether oxygens (including phenoxy) is 3. The Morgan fingerprint density at radius 2 is 1.84 bits per heavy atom. The van der Waals surface area contributed by atoms with Gasteiger partial charge < -0.3 is 25.1 Å². The topological polar surface area (TPSA) is 152 Å². The van der Waals surface area contributed by atoms with Crippen LogP contribution in [0.5, 0.6) is 0 Å². The first-order valence-corrected chi connectivity index (χ1v) is 12.8. The Hall–Kier alpha value is -3.30. The van der Waals surface area contributed by atoms with Crippen molar-refractivity contribution in [1.29, 1.82) is 0 Å². The first kappa shape index (κ1) is 29.3. The maximum Gasteiger partial charge on any atom is 0.312 e. The molecule has 1 saturated heterocycles. The molecule has 1 aliphatic heterocycles. The highest BCUT2D eigenvalue weighted by Gasteiger charge is 2.51. The van der Waals surface area contributed by atoms with Gasteiger partial charge in [0.2, 0.25) is 0 Å². The SMILES string of the molecule is C#C[C@]1(CO)O[C@@H](n2cnc3c(N)nc(F)nc32)C[C@@H]1OC(=O)CCCCCCCCC(=O)OC(C)(C)C. The number of aliphatic hydroxyl groups is 1. The molecule has 3 atom stereocenters. The molecule has 3 N–H and O–H groups in total. The standard InChI is InChI=1S/C26H36FN5O6/c1-5-26(15-33)17(14-18(37-26)32-16-29-21-22(28)30-24(27)31-23(21)32)36-19(34)12-10-8-6-7-9-11-13-20(35)38-25(2,3)4/h1,16-18,33H,6-15H2,2-4H3,(H2,28,30,31)/t17-,18+,26+/m0/s1. The number of imidazole rings is 1. The molecule has 0 amide bonds. The number of anilines is 1. The predicted octanol–water partition coefficient (Wildman–Crippen LogP) is 3.21. The third kappa shape index (κ3) is 7.39. The summed E-state index contributed by atoms with van der Waals surface area (Å²) in [5.41, 5.74) is 3.98. The number of hydrogen-bond acceptors (Lipinski definition) is 10. The highest BCUT2D eigenvalue weighted by molar-refractivity contribution is 5.81. The van der Waals surface area contributed by atoms with E-state index in [-0.39, 0.29) is 35.8 Å². The molecular formula is C26H36FN5O6. The van der Waals surface area contributed by atoms with Gasteiger partial charge in [-0.1, -0.05) is 31.6 Å². The van der Waals surface area contributed by atoms with Crippen LogP contribution in [-0.2, 0) is 23.8 Å². The molecule has 38 heavy (non-hydrogen) atoms. The molecule has 0 radical (unpaired) electrons. The molecule has 0 aliphatic carbocycles. The summed E-state index contributed by atoms with van der Waals surface area (Å²) in [7, 11) is 0. The summed E-state index contributed by atoms with van der Waals surface area (Å²) >= 11 is 0. The number of nitrogens with two attached hydrogens (primary N) is 1. The lowest BCUT2D eigenvalue weighted by Gasteiger charge is -2.26. The highest BCUT2D eigenvalue weighted by atomic mass is 19.1. The lowest BCUT2D eigenvalue weighted by atomic mass is 9.98. The number of carbonyl (C=O) groups is 2. The van der Waals surface area contributed by atoms with Gasteiger partial charge in [-0.25, -0.2) is 4.98 Å². The summed E-state index contributed by atoms with van der Waals surface area (Å²) in [5.74, 6) is 1.65. The van der Waals surface area contributed by atoms with Crippen molar-refractivity contribution in [2.24, 2.45) is 0 Å². The van der Waals surface area contributed by atoms with E-state index in [9.17, 15) is 19.1 Å². The van der Waals surface area contributed by atoms with E-state index in [1.54, 1.807) is 0 Å². The van der Waals surface area contributed by atoms with Gasteiger partial charge in [0.15, 0.2) is 22.6 Å². The van der Waals surface area contributed by atoms with Crippen molar-refractivity contribution in [2.45, 2.75) is 102 Å². The zero-order chi connectivity index (χ0) is 27.9. The number of unbranched alkanes of at least 4 members (excludes halogenated alkanes) is 5. The number of halogens is 1. The Morgan fingerprint density at radius 3 is 2.45 bits per heavy atom. The van der Waals surface area contributed by atoms with Crippen LogP contribution in [0.1, 0.15) is 84.8 Å². The second kappa shape index (κ2) is 12.5. The number of nitrogens with zero attached hydrogens (tertiary/aromatic N) is 4. The Balaban J connectivity index is 1.45. The van der Waals surface area contributed by atoms with Crippen LogP contribution >= 0.6 is 0 Å². The number of aliphatic hydroxyl groups excluding tert-OH is 1. The van der Waals surface area contributed by atoms with E-state index in [0.717, 1.165) is 32.1 Å². The minimum atomic E-state index is -1.57. The number of terminal acetylenes is 1. The molecule has 2 aromatic rings. The first-order chi connectivity index (χ1) is 18.0. The largest absolute Gasteiger partial charge is 0.460 e. The zero-order valence-corrected chi connectivity index (χ0v) is 22.1. The summed E-state index contributed by atoms with van der Waals surface area (Å²) in [6.45, 7) is 4.96. The van der Waals surface area contributed by atoms with Crippen LogP contribution in [0.25, 0.3) is 11.2 Å². The maximum absolute atomic E-state index is 13.8. The van der Waals surface area contributed by atoms with Crippen LogP contribution in [0.2, 0.25) is 0 Å². The van der Waals surface area contributed by atoms with Crippen molar-refractivity contribution in [3.05, 3.63) is 12.4 Å². The second-order valence-electron chi connectivity index (χ2n) is 10.4. The molecule has 2 aromatic heterocycles. The summed E-state index contributed by atoms with van der Waals surface area (Å²) in [6.07, 6.45) is 9.97. The molecule has 0 spiro atoms. The molecule has 1 aliphatic rings. The average molecular weight is 534 g/mol. The molecule has 11 nitrogen and oxygen atoms in total. The van der Waals surface area contributed by atoms with E-state index >= 15 is 0 Å². The summed E-state index contributed by atoms with van der Waals surface area (Å²) < 4.78 is 32.0. The van der Waals surface area contributed by atoms with Gasteiger partial charge in [0.1, 0.15) is 17.9 Å². The second-order valence-corrected chi connectivity index (χ2v) is 10.4. The molecular weight excluding hydrogens is 497 g/mol. The Kier molecular flexibility index (Phi) is 9.62. The van der Waals surface area contributed by atoms with Crippen molar-refractivity contribution in [2.75, 3.05) is 12.3 Å². The average Bonchev–Trinajstić information content (AvgIpc) is 3.41. The summed E-state index contributed by atoms with van der Waals surface area (Å²) in [4.78, 5) is 35.6. The van der Waals surface area contributed by atoms with Crippen LogP contribution in [0.4, 0.5) is 10.2 Å². The minimum absolute atomic E-state index is 0.0990. The molecule has 3 rings (SSSR count). The molecule has 1 fully saturated rings. The number of esters is 2. The van der Waals surface area contributed by atoms with Crippen molar-refractivity contribution in [3.63, 3.8) is 0 Å². The van der Waals surface area contributed by atoms with Gasteiger partial charge in [-0.05, 0) is 33.6 Å². The minimum Gasteiger partial charge on any atom is -0.460 e. The third-order valence-corrected chi connectivity index (χ3v) is 6.20. The molecule has 3 heterocycles. The lowest BCUT2D eigenvalue weighted by molar-refractivity contribution is -0.159. The molecule has 0 unspecified atom stereocenters. The number of hydrogen-bond donors (Lipinski definition) is 2. The van der Waals surface area contributed by atoms with E-state index < -0.39 is 42.2 Å². The van der Waals surface area contributed by atoms with Crippen LogP contribution in [0, 0.1) is 18.4 Å². The summed E-state index contributed by atoms with van der Waals surface area (Å²) in [6, 6.07) is 0. The van der Waals surface area contributed by atoms with Crippen molar-refractivity contribution >= 4 is 28.9 Å². The molecule has 208 valence electrons. The fourth-order valence-corrected chi connectivity index (χ4v) is 4.34. The molecule has 0 aromatic carbocycles. The third-order valence-electron chi connectivity index (χ3n) is 6.20. The molecule has 0 bridgehead atoms. The van der Waals surface area contributed by atoms with Crippen molar-refractivity contribution in [1.82, 2.24) is 19.5 Å². The van der Waals surface area contributed by atoms with Crippen molar-refractivity contribution < 1.29 is 33.3 Å². The fourth-order valence-electron chi connectivity index (χ4n) is 4.34. The van der Waals surface area contributed by atoms with Gasteiger partial charge in [0.05, 0.1) is 12.9 Å². The zero-order valence-electron chi connectivity index (χ0n) is 22.1. The van der Waals surface area contributed by atoms with Crippen LogP contribution in [0.3, 0.4) is 0 Å². The number of fused-ring (bicyclic) bond motifs is 1. The van der Waals surface area contributed by atoms with E-state index in [0.29, 0.717) is 12.8 Å². The first-order valence-electron chi connectivity index (χ1n) is 12.8. The highest BCUT2D eigenvalue weighted by Crippen LogP contribution is 2.39. The predicted molar refractivity (Wildman–Crippen MR) is 136 cm³/mol. The van der Waals surface area contributed by atoms with E-state index in [1.165, 1.54) is 10.9 Å². The van der Waals surface area contributed by atoms with Gasteiger partial charge in [-0.3, -0.25) is 14.2 Å². The van der Waals surface area contributed by atoms with Gasteiger partial charge in [0, 0.05) is 19.3 Å². The Morgan fingerprint density at radius 1 is 1.21 bits per heavy atom. The van der Waals surface area contributed by atoms with Crippen LogP contribution in [0.15, 0.2) is 6.33 Å². The van der Waals surface area contributed by atoms with Crippen molar-refractivity contribution in [3.8, 4) is 12.3 Å². The normalized spacial score (nSPS) is 21.4.